The number of hydrogen-bond acceptors (Lipinski definition) is 6. The van der Waals surface area contributed by atoms with Gasteiger partial charge in [0.05, 0.1) is 39.9 Å². The molecule has 0 heterocycles. The fraction of sp³-hybridized carbons (Fsp3) is 0.833. The molecular weight excluding hydrogens is 1090 g/mol. The number of hydrogen-bond donors (Lipinski definition) is 2. The minimum absolute atomic E-state index is 0.00546. The normalized spacial score (nSPS) is 14.0. The SMILES string of the molecule is CC/C=C\C/C=C\C/C=C\C/C=C\CCCCCCCCCCCCCCCCCCCCCCCCCCCCCCC(=O)NC(COP(=O)([O-])OCC[N+](C)(C)C)C(O)/C=C/CC/C=C/CCCCCCCCCCCCCCCCCCCC. The third-order valence-corrected chi connectivity index (χ3v) is 18.1. The van der Waals surface area contributed by atoms with Gasteiger partial charge in [-0.05, 0) is 70.6 Å². The molecule has 0 aliphatic rings. The van der Waals surface area contributed by atoms with Gasteiger partial charge in [0, 0.05) is 6.42 Å². The molecule has 0 spiro atoms. The van der Waals surface area contributed by atoms with E-state index < -0.39 is 20.0 Å². The van der Waals surface area contributed by atoms with Crippen molar-refractivity contribution < 1.29 is 32.9 Å². The molecule has 0 radical (unpaired) electrons. The van der Waals surface area contributed by atoms with E-state index in [0.717, 1.165) is 64.2 Å². The van der Waals surface area contributed by atoms with Gasteiger partial charge in [-0.3, -0.25) is 9.36 Å². The van der Waals surface area contributed by atoms with Gasteiger partial charge in [-0.25, -0.2) is 0 Å². The molecule has 3 atom stereocenters. The number of phosphoric ester groups is 1. The summed E-state index contributed by atoms with van der Waals surface area (Å²) >= 11 is 0. The van der Waals surface area contributed by atoms with E-state index in [0.29, 0.717) is 17.4 Å². The Morgan fingerprint density at radius 3 is 1.07 bits per heavy atom. The van der Waals surface area contributed by atoms with Gasteiger partial charge in [-0.2, -0.15) is 0 Å². The molecule has 3 unspecified atom stereocenters. The number of nitrogens with zero attached hydrogens (tertiary/aromatic N) is 1. The lowest BCUT2D eigenvalue weighted by Crippen LogP contribution is -2.45. The second kappa shape index (κ2) is 68.3. The lowest BCUT2D eigenvalue weighted by molar-refractivity contribution is -0.870. The van der Waals surface area contributed by atoms with Crippen molar-refractivity contribution in [2.75, 3.05) is 40.9 Å². The van der Waals surface area contributed by atoms with Crippen LogP contribution in [0.3, 0.4) is 0 Å². The van der Waals surface area contributed by atoms with E-state index in [2.05, 4.69) is 79.9 Å². The van der Waals surface area contributed by atoms with Gasteiger partial charge >= 0.3 is 0 Å². The number of unbranched alkanes of at least 4 members (excludes halogenated alkanes) is 47. The van der Waals surface area contributed by atoms with E-state index in [-0.39, 0.29) is 19.1 Å². The number of rotatable bonds is 70. The zero-order chi connectivity index (χ0) is 63.4. The van der Waals surface area contributed by atoms with Crippen molar-refractivity contribution >= 4 is 13.7 Å². The number of allylic oxidation sites excluding steroid dienone is 11. The quantitative estimate of drug-likeness (QED) is 0.0272. The smallest absolute Gasteiger partial charge is 0.268 e. The summed E-state index contributed by atoms with van der Waals surface area (Å²) in [5, 5.41) is 14.0. The lowest BCUT2D eigenvalue weighted by atomic mass is 10.0. The maximum atomic E-state index is 13.0. The van der Waals surface area contributed by atoms with E-state index in [1.807, 2.05) is 27.2 Å². The van der Waals surface area contributed by atoms with Gasteiger partial charge in [-0.1, -0.05) is 363 Å². The standard InChI is InChI=1S/C78H147N2O6P/c1-6-8-10-12-14-16-18-20-22-24-26-28-30-32-33-34-35-36-37-38-39-40-41-42-43-44-45-46-47-48-50-52-54-56-58-60-62-64-66-68-70-72-78(82)79-76(75-86-87(83,84)85-74-73-80(3,4)5)77(81)71-69-67-65-63-61-59-57-55-53-51-49-31-29-27-25-23-21-19-17-15-13-11-9-7-2/h8,10,14,16,20,22,26,28,61,63,69,71,76-77,81H,6-7,9,11-13,15,17-19,21,23-25,27,29-60,62,64-68,70,72-75H2,1-5H3,(H-,79,82,83,84)/b10-8-,16-14-,22-20-,28-26-,63-61+,71-69+. The lowest BCUT2D eigenvalue weighted by Gasteiger charge is -2.29. The summed E-state index contributed by atoms with van der Waals surface area (Å²) in [5.74, 6) is -0.200. The highest BCUT2D eigenvalue weighted by molar-refractivity contribution is 7.45. The Hall–Kier alpha value is -2.06. The maximum absolute atomic E-state index is 13.0. The van der Waals surface area contributed by atoms with Gasteiger partial charge in [0.1, 0.15) is 13.2 Å². The molecule has 87 heavy (non-hydrogen) atoms. The van der Waals surface area contributed by atoms with Gasteiger partial charge < -0.3 is 28.8 Å². The zero-order valence-corrected chi connectivity index (χ0v) is 59.4. The highest BCUT2D eigenvalue weighted by atomic mass is 31.2. The Balaban J connectivity index is 3.94. The first-order valence-corrected chi connectivity index (χ1v) is 39.3. The van der Waals surface area contributed by atoms with E-state index in [1.54, 1.807) is 6.08 Å². The molecule has 510 valence electrons. The van der Waals surface area contributed by atoms with Crippen LogP contribution in [0.5, 0.6) is 0 Å². The molecule has 0 saturated heterocycles. The van der Waals surface area contributed by atoms with Crippen molar-refractivity contribution in [1.29, 1.82) is 0 Å². The third kappa shape index (κ3) is 71.2. The van der Waals surface area contributed by atoms with Crippen LogP contribution in [0.4, 0.5) is 0 Å². The summed E-state index contributed by atoms with van der Waals surface area (Å²) in [7, 11) is 1.26. The summed E-state index contributed by atoms with van der Waals surface area (Å²) in [6.07, 6.45) is 96.4. The number of amides is 1. The third-order valence-electron chi connectivity index (χ3n) is 17.2. The minimum atomic E-state index is -4.61. The van der Waals surface area contributed by atoms with Crippen LogP contribution in [-0.4, -0.2) is 68.5 Å². The largest absolute Gasteiger partial charge is 0.756 e. The molecule has 0 saturated carbocycles. The van der Waals surface area contributed by atoms with Gasteiger partial charge in [0.15, 0.2) is 0 Å². The van der Waals surface area contributed by atoms with Crippen LogP contribution in [0.15, 0.2) is 72.9 Å². The molecule has 0 aliphatic carbocycles. The van der Waals surface area contributed by atoms with Crippen LogP contribution in [0.2, 0.25) is 0 Å². The molecule has 0 rings (SSSR count). The topological polar surface area (TPSA) is 108 Å². The predicted octanol–water partition coefficient (Wildman–Crippen LogP) is 23.9. The average molecular weight is 1240 g/mol. The van der Waals surface area contributed by atoms with Crippen LogP contribution in [0, 0.1) is 0 Å². The van der Waals surface area contributed by atoms with Gasteiger partial charge in [0.2, 0.25) is 5.91 Å². The summed E-state index contributed by atoms with van der Waals surface area (Å²) in [5.41, 5.74) is 0. The van der Waals surface area contributed by atoms with Crippen molar-refractivity contribution in [1.82, 2.24) is 5.32 Å². The van der Waals surface area contributed by atoms with Crippen molar-refractivity contribution in [3.05, 3.63) is 72.9 Å². The Labute approximate surface area is 542 Å². The number of likely N-dealkylation sites (N-methyl/N-ethyl adjacent to an activating group) is 1. The van der Waals surface area contributed by atoms with E-state index in [9.17, 15) is 19.4 Å². The molecular formula is C78H147N2O6P. The number of carbonyl (C=O) groups is 1. The zero-order valence-electron chi connectivity index (χ0n) is 58.5. The van der Waals surface area contributed by atoms with Crippen molar-refractivity contribution in [3.8, 4) is 0 Å². The number of phosphoric acid groups is 1. The second-order valence-electron chi connectivity index (χ2n) is 27.0. The Morgan fingerprint density at radius 1 is 0.414 bits per heavy atom. The fourth-order valence-corrected chi connectivity index (χ4v) is 12.1. The van der Waals surface area contributed by atoms with Crippen LogP contribution in [-0.2, 0) is 18.4 Å². The first-order chi connectivity index (χ1) is 42.5. The molecule has 9 heteroatoms. The fourth-order valence-electron chi connectivity index (χ4n) is 11.3. The molecule has 0 fully saturated rings. The van der Waals surface area contributed by atoms with Gasteiger partial charge in [-0.15, -0.1) is 0 Å². The summed E-state index contributed by atoms with van der Waals surface area (Å²) in [6, 6.07) is -0.905. The summed E-state index contributed by atoms with van der Waals surface area (Å²) in [4.78, 5) is 25.7. The molecule has 0 aliphatic heterocycles. The Morgan fingerprint density at radius 2 is 0.713 bits per heavy atom. The van der Waals surface area contributed by atoms with Crippen molar-refractivity contribution in [2.45, 2.75) is 379 Å². The minimum Gasteiger partial charge on any atom is -0.756 e. The van der Waals surface area contributed by atoms with Crippen LogP contribution < -0.4 is 10.2 Å². The molecule has 0 aromatic heterocycles. The van der Waals surface area contributed by atoms with E-state index in [4.69, 9.17) is 9.05 Å². The number of aliphatic hydroxyl groups excluding tert-OH is 1. The number of carbonyl (C=O) groups excluding carboxylic acids is 1. The Bertz CT molecular complexity index is 1650. The summed E-state index contributed by atoms with van der Waals surface area (Å²) < 4.78 is 23.5. The average Bonchev–Trinajstić information content (AvgIpc) is 3.71. The first-order valence-electron chi connectivity index (χ1n) is 37.8. The summed E-state index contributed by atoms with van der Waals surface area (Å²) in [6.45, 7) is 4.57. The van der Waals surface area contributed by atoms with Gasteiger partial charge in [0.25, 0.3) is 7.82 Å². The number of nitrogens with one attached hydrogen (secondary N) is 1. The predicted molar refractivity (Wildman–Crippen MR) is 380 cm³/mol. The molecule has 2 N–H and O–H groups in total. The molecule has 8 nitrogen and oxygen atoms in total. The molecule has 1 amide bonds. The van der Waals surface area contributed by atoms with Crippen molar-refractivity contribution in [2.24, 2.45) is 0 Å². The van der Waals surface area contributed by atoms with E-state index >= 15 is 0 Å². The van der Waals surface area contributed by atoms with Crippen molar-refractivity contribution in [3.63, 3.8) is 0 Å². The number of aliphatic hydroxyl groups is 1. The van der Waals surface area contributed by atoms with Crippen LogP contribution in [0.25, 0.3) is 0 Å². The highest BCUT2D eigenvalue weighted by Crippen LogP contribution is 2.38. The Kier molecular flexibility index (Phi) is 66.7. The van der Waals surface area contributed by atoms with Crippen LogP contribution >= 0.6 is 7.82 Å². The van der Waals surface area contributed by atoms with Crippen LogP contribution in [0.1, 0.15) is 367 Å². The number of quaternary nitrogens is 1. The monoisotopic (exact) mass is 1240 g/mol. The molecule has 0 bridgehead atoms. The first kappa shape index (κ1) is 84.9. The molecule has 0 aromatic carbocycles. The maximum Gasteiger partial charge on any atom is 0.268 e. The van der Waals surface area contributed by atoms with E-state index in [1.165, 1.54) is 283 Å². The second-order valence-corrected chi connectivity index (χ2v) is 28.4. The highest BCUT2D eigenvalue weighted by Gasteiger charge is 2.23. The molecule has 0 aromatic rings.